The molecule has 2 saturated heterocycles. The zero-order valence-corrected chi connectivity index (χ0v) is 19.2. The van der Waals surface area contributed by atoms with Gasteiger partial charge in [0.15, 0.2) is 0 Å². The maximum absolute atomic E-state index is 12.5. The zero-order chi connectivity index (χ0) is 28.7. The Morgan fingerprint density at radius 1 is 0.789 bits per heavy atom. The van der Waals surface area contributed by atoms with E-state index in [-0.39, 0.29) is 17.2 Å². The summed E-state index contributed by atoms with van der Waals surface area (Å²) >= 11 is 0. The summed E-state index contributed by atoms with van der Waals surface area (Å²) in [6, 6.07) is 8.92. The fourth-order valence-electron chi connectivity index (χ4n) is 3.60. The Bertz CT molecular complexity index is 1110. The van der Waals surface area contributed by atoms with E-state index in [4.69, 9.17) is 19.8 Å². The molecule has 206 valence electrons. The molecule has 2 aromatic rings. The number of carbonyl (C=O) groups excluding carboxylic acids is 2. The number of pyridine rings is 2. The molecule has 4 rings (SSSR count). The van der Waals surface area contributed by atoms with Crippen molar-refractivity contribution >= 4 is 23.8 Å². The minimum Gasteiger partial charge on any atom is -0.475 e. The fourth-order valence-corrected chi connectivity index (χ4v) is 3.60. The Kier molecular flexibility index (Phi) is 9.37. The molecule has 2 aliphatic rings. The highest BCUT2D eigenvalue weighted by Crippen LogP contribution is 2.40. The molecule has 2 fully saturated rings. The molecule has 0 aromatic carbocycles. The first-order valence-electron chi connectivity index (χ1n) is 10.6. The second-order valence-corrected chi connectivity index (χ2v) is 8.20. The number of amides is 2. The monoisotopic (exact) mass is 550 g/mol. The van der Waals surface area contributed by atoms with Crippen LogP contribution in [0.3, 0.4) is 0 Å². The molecule has 10 nitrogen and oxygen atoms in total. The topological polar surface area (TPSA) is 141 Å². The second kappa shape index (κ2) is 11.9. The van der Waals surface area contributed by atoms with Crippen molar-refractivity contribution in [3.63, 3.8) is 0 Å². The fraction of sp³-hybridized carbons (Fsp3) is 0.364. The number of nitrogens with zero attached hydrogens (tertiary/aromatic N) is 4. The number of aliphatic carboxylic acids is 2. The number of carboxylic acid groups (broad SMARTS) is 2. The summed E-state index contributed by atoms with van der Waals surface area (Å²) < 4.78 is 63.5. The van der Waals surface area contributed by atoms with Crippen molar-refractivity contribution in [2.45, 2.75) is 18.8 Å². The van der Waals surface area contributed by atoms with E-state index in [1.54, 1.807) is 42.9 Å². The molecule has 4 heterocycles. The molecule has 2 aromatic heterocycles. The van der Waals surface area contributed by atoms with E-state index in [9.17, 15) is 35.9 Å². The van der Waals surface area contributed by atoms with Gasteiger partial charge < -0.3 is 20.0 Å². The smallest absolute Gasteiger partial charge is 0.475 e. The first kappa shape index (κ1) is 30.0. The molecule has 0 bridgehead atoms. The van der Waals surface area contributed by atoms with Gasteiger partial charge in [0.2, 0.25) is 0 Å². The van der Waals surface area contributed by atoms with Gasteiger partial charge in [0, 0.05) is 50.2 Å². The summed E-state index contributed by atoms with van der Waals surface area (Å²) in [4.78, 5) is 54.5. The molecule has 2 aliphatic heterocycles. The average molecular weight is 550 g/mol. The van der Waals surface area contributed by atoms with E-state index in [0.29, 0.717) is 30.9 Å². The lowest BCUT2D eigenvalue weighted by Crippen LogP contribution is -2.59. The Morgan fingerprint density at radius 3 is 1.79 bits per heavy atom. The third-order valence-electron chi connectivity index (χ3n) is 5.34. The number of halogens is 6. The van der Waals surface area contributed by atoms with Crippen molar-refractivity contribution < 1.29 is 55.7 Å². The van der Waals surface area contributed by atoms with Crippen LogP contribution in [0.25, 0.3) is 0 Å². The summed E-state index contributed by atoms with van der Waals surface area (Å²) in [6.45, 7) is 2.82. The normalized spacial score (nSPS) is 15.8. The molecule has 2 N–H and O–H groups in total. The predicted molar refractivity (Wildman–Crippen MR) is 115 cm³/mol. The maximum atomic E-state index is 12.5. The van der Waals surface area contributed by atoms with Crippen LogP contribution in [0.5, 0.6) is 0 Å². The van der Waals surface area contributed by atoms with Crippen molar-refractivity contribution in [2.75, 3.05) is 26.2 Å². The van der Waals surface area contributed by atoms with Crippen LogP contribution in [-0.4, -0.2) is 92.3 Å². The van der Waals surface area contributed by atoms with E-state index in [1.807, 2.05) is 15.9 Å². The van der Waals surface area contributed by atoms with Crippen LogP contribution in [-0.2, 0) is 9.59 Å². The summed E-state index contributed by atoms with van der Waals surface area (Å²) in [5.74, 6) is -5.52. The SMILES string of the molecule is O=C(O)C(F)(F)F.O=C(O)C(F)(F)F.O=C(c1cccnc1)N1CCC2(C1)CN(C(=O)c1ccccn1)C2. The predicted octanol–water partition coefficient (Wildman–Crippen LogP) is 2.73. The molecule has 0 atom stereocenters. The molecular formula is C22H20F6N4O6. The lowest BCUT2D eigenvalue weighted by Gasteiger charge is -2.47. The van der Waals surface area contributed by atoms with E-state index < -0.39 is 24.3 Å². The van der Waals surface area contributed by atoms with Crippen molar-refractivity contribution in [2.24, 2.45) is 5.41 Å². The third-order valence-corrected chi connectivity index (χ3v) is 5.34. The summed E-state index contributed by atoms with van der Waals surface area (Å²) in [5, 5.41) is 14.2. The quantitative estimate of drug-likeness (QED) is 0.544. The third kappa shape index (κ3) is 8.14. The van der Waals surface area contributed by atoms with Gasteiger partial charge in [-0.25, -0.2) is 9.59 Å². The maximum Gasteiger partial charge on any atom is 0.490 e. The number of carbonyl (C=O) groups is 4. The highest BCUT2D eigenvalue weighted by atomic mass is 19.4. The van der Waals surface area contributed by atoms with E-state index >= 15 is 0 Å². The van der Waals surface area contributed by atoms with E-state index in [0.717, 1.165) is 13.0 Å². The second-order valence-electron chi connectivity index (χ2n) is 8.20. The van der Waals surface area contributed by atoms with Gasteiger partial charge in [0.05, 0.1) is 5.56 Å². The molecule has 0 unspecified atom stereocenters. The van der Waals surface area contributed by atoms with Crippen LogP contribution < -0.4 is 0 Å². The molecule has 1 spiro atoms. The van der Waals surface area contributed by atoms with Gasteiger partial charge in [-0.15, -0.1) is 0 Å². The van der Waals surface area contributed by atoms with E-state index in [1.165, 1.54) is 0 Å². The molecule has 0 radical (unpaired) electrons. The van der Waals surface area contributed by atoms with E-state index in [2.05, 4.69) is 9.97 Å². The Balaban J connectivity index is 0.000000301. The molecule has 2 amide bonds. The zero-order valence-electron chi connectivity index (χ0n) is 19.2. The highest BCUT2D eigenvalue weighted by molar-refractivity contribution is 5.94. The van der Waals surface area contributed by atoms with Crippen molar-refractivity contribution in [3.8, 4) is 0 Å². The number of rotatable bonds is 2. The van der Waals surface area contributed by atoms with Gasteiger partial charge >= 0.3 is 24.3 Å². The molecule has 38 heavy (non-hydrogen) atoms. The van der Waals surface area contributed by atoms with Crippen molar-refractivity contribution in [3.05, 3.63) is 60.2 Å². The van der Waals surface area contributed by atoms with Gasteiger partial charge in [-0.05, 0) is 30.7 Å². The van der Waals surface area contributed by atoms with Crippen LogP contribution >= 0.6 is 0 Å². The van der Waals surface area contributed by atoms with Crippen molar-refractivity contribution in [1.29, 1.82) is 0 Å². The van der Waals surface area contributed by atoms with Gasteiger partial charge in [-0.1, -0.05) is 6.07 Å². The standard InChI is InChI=1S/C18H18N4O2.2C2HF3O2/c23-16(14-4-3-7-19-10-14)21-9-6-18(11-21)12-22(13-18)17(24)15-5-1-2-8-20-15;2*3-2(4,5)1(6)7/h1-5,7-8,10H,6,9,11-13H2;2*(H,6,7). The minimum atomic E-state index is -5.08. The highest BCUT2D eigenvalue weighted by Gasteiger charge is 2.50. The number of hydrogen-bond acceptors (Lipinski definition) is 6. The van der Waals surface area contributed by atoms with Crippen LogP contribution in [0.15, 0.2) is 48.9 Å². The number of alkyl halides is 6. The lowest BCUT2D eigenvalue weighted by atomic mass is 9.79. The van der Waals surface area contributed by atoms with Crippen LogP contribution in [0.1, 0.15) is 27.3 Å². The average Bonchev–Trinajstić information content (AvgIpc) is 3.29. The number of hydrogen-bond donors (Lipinski definition) is 2. The van der Waals surface area contributed by atoms with Gasteiger partial charge in [-0.2, -0.15) is 26.3 Å². The molecule has 0 aliphatic carbocycles. The van der Waals surface area contributed by atoms with Crippen LogP contribution in [0.4, 0.5) is 26.3 Å². The minimum absolute atomic E-state index is 0.0227. The van der Waals surface area contributed by atoms with Crippen molar-refractivity contribution in [1.82, 2.24) is 19.8 Å². The van der Waals surface area contributed by atoms with Crippen LogP contribution in [0.2, 0.25) is 0 Å². The first-order chi connectivity index (χ1) is 17.6. The largest absolute Gasteiger partial charge is 0.490 e. The van der Waals surface area contributed by atoms with Crippen LogP contribution in [0, 0.1) is 5.41 Å². The number of likely N-dealkylation sites (tertiary alicyclic amines) is 2. The summed E-state index contributed by atoms with van der Waals surface area (Å²) in [6.07, 6.45) is -4.34. The van der Waals surface area contributed by atoms with Gasteiger partial charge in [0.25, 0.3) is 11.8 Å². The van der Waals surface area contributed by atoms with Gasteiger partial charge in [0.1, 0.15) is 5.69 Å². The number of aromatic nitrogens is 2. The Hall–Kier alpha value is -4.24. The number of carboxylic acids is 2. The first-order valence-corrected chi connectivity index (χ1v) is 10.6. The Labute approximate surface area is 210 Å². The summed E-state index contributed by atoms with van der Waals surface area (Å²) in [5.41, 5.74) is 1.14. The molecule has 16 heteroatoms. The summed E-state index contributed by atoms with van der Waals surface area (Å²) in [7, 11) is 0. The molecule has 0 saturated carbocycles. The molecular weight excluding hydrogens is 530 g/mol. The Morgan fingerprint density at radius 2 is 1.34 bits per heavy atom. The lowest BCUT2D eigenvalue weighted by molar-refractivity contribution is -0.193. The van der Waals surface area contributed by atoms with Gasteiger partial charge in [-0.3, -0.25) is 19.6 Å².